The molecule has 0 bridgehead atoms. The lowest BCUT2D eigenvalue weighted by Crippen LogP contribution is -1.88. The molecule has 2 aromatic carbocycles. The fourth-order valence-electron chi connectivity index (χ4n) is 2.88. The number of imidazole rings is 1. The number of rotatable bonds is 4. The summed E-state index contributed by atoms with van der Waals surface area (Å²) >= 11 is 5.96. The van der Waals surface area contributed by atoms with Crippen molar-refractivity contribution in [2.75, 3.05) is 7.11 Å². The van der Waals surface area contributed by atoms with Crippen LogP contribution in [0.2, 0.25) is 5.02 Å². The molecule has 0 saturated heterocycles. The van der Waals surface area contributed by atoms with Gasteiger partial charge in [0.2, 0.25) is 0 Å². The summed E-state index contributed by atoms with van der Waals surface area (Å²) < 4.78 is 7.22. The number of hydrogen-bond donors (Lipinski definition) is 0. The van der Waals surface area contributed by atoms with E-state index < -0.39 is 0 Å². The van der Waals surface area contributed by atoms with Gasteiger partial charge in [-0.2, -0.15) is 0 Å². The first-order valence-corrected chi connectivity index (χ1v) is 8.44. The van der Waals surface area contributed by atoms with Gasteiger partial charge >= 0.3 is 0 Å². The quantitative estimate of drug-likeness (QED) is 0.489. The Morgan fingerprint density at radius 3 is 2.24 bits per heavy atom. The maximum absolute atomic E-state index is 5.96. The van der Waals surface area contributed by atoms with E-state index in [0.717, 1.165) is 27.5 Å². The standard InChI is InChI=1S/C21H17ClN2O/c1-25-14-15-2-4-16(5-3-15)18-8-11-21-23-20(13-24(21)12-18)17-6-9-19(22)10-7-17/h2-13H,14H2,1H3. The minimum absolute atomic E-state index is 0.630. The summed E-state index contributed by atoms with van der Waals surface area (Å²) in [4.78, 5) is 4.69. The van der Waals surface area contributed by atoms with Crippen LogP contribution in [0.4, 0.5) is 0 Å². The fourth-order valence-corrected chi connectivity index (χ4v) is 3.01. The van der Waals surface area contributed by atoms with Gasteiger partial charge in [-0.25, -0.2) is 4.98 Å². The lowest BCUT2D eigenvalue weighted by molar-refractivity contribution is 0.185. The molecule has 4 heteroatoms. The van der Waals surface area contributed by atoms with Crippen LogP contribution < -0.4 is 0 Å². The second-order valence-corrected chi connectivity index (χ2v) is 6.38. The Hall–Kier alpha value is -2.62. The van der Waals surface area contributed by atoms with Crippen LogP contribution in [0.3, 0.4) is 0 Å². The summed E-state index contributed by atoms with van der Waals surface area (Å²) in [5, 5.41) is 0.728. The Morgan fingerprint density at radius 1 is 0.840 bits per heavy atom. The summed E-state index contributed by atoms with van der Waals surface area (Å²) in [5.74, 6) is 0. The van der Waals surface area contributed by atoms with Crippen molar-refractivity contribution in [2.24, 2.45) is 0 Å². The zero-order valence-corrected chi connectivity index (χ0v) is 14.6. The fraction of sp³-hybridized carbons (Fsp3) is 0.0952. The number of nitrogens with zero attached hydrogens (tertiary/aromatic N) is 2. The van der Waals surface area contributed by atoms with E-state index in [1.807, 2.05) is 36.5 Å². The highest BCUT2D eigenvalue weighted by molar-refractivity contribution is 6.30. The van der Waals surface area contributed by atoms with Crippen molar-refractivity contribution < 1.29 is 4.74 Å². The number of fused-ring (bicyclic) bond motifs is 1. The summed E-state index contributed by atoms with van der Waals surface area (Å²) in [5.41, 5.74) is 6.40. The van der Waals surface area contributed by atoms with Crippen LogP contribution in [0.25, 0.3) is 28.0 Å². The largest absolute Gasteiger partial charge is 0.380 e. The lowest BCUT2D eigenvalue weighted by Gasteiger charge is -2.04. The van der Waals surface area contributed by atoms with E-state index in [9.17, 15) is 0 Å². The molecule has 3 nitrogen and oxygen atoms in total. The second kappa shape index (κ2) is 6.71. The van der Waals surface area contributed by atoms with Crippen molar-refractivity contribution in [3.8, 4) is 22.4 Å². The average Bonchev–Trinajstić information content (AvgIpc) is 3.06. The average molecular weight is 349 g/mol. The Morgan fingerprint density at radius 2 is 1.52 bits per heavy atom. The molecule has 0 aliphatic rings. The Bertz CT molecular complexity index is 1000. The zero-order chi connectivity index (χ0) is 17.2. The van der Waals surface area contributed by atoms with Gasteiger partial charge in [0.25, 0.3) is 0 Å². The second-order valence-electron chi connectivity index (χ2n) is 5.95. The lowest BCUT2D eigenvalue weighted by atomic mass is 10.1. The smallest absolute Gasteiger partial charge is 0.137 e. The molecule has 0 aliphatic carbocycles. The van der Waals surface area contributed by atoms with Crippen LogP contribution >= 0.6 is 11.6 Å². The van der Waals surface area contributed by atoms with Crippen LogP contribution in [0.1, 0.15) is 5.56 Å². The maximum Gasteiger partial charge on any atom is 0.137 e. The van der Waals surface area contributed by atoms with Crippen LogP contribution in [0.5, 0.6) is 0 Å². The minimum atomic E-state index is 0.630. The predicted molar refractivity (Wildman–Crippen MR) is 102 cm³/mol. The molecule has 0 fully saturated rings. The van der Waals surface area contributed by atoms with Crippen molar-refractivity contribution in [3.05, 3.63) is 83.6 Å². The first-order valence-electron chi connectivity index (χ1n) is 8.06. The monoisotopic (exact) mass is 348 g/mol. The summed E-state index contributed by atoms with van der Waals surface area (Å²) in [6.07, 6.45) is 4.15. The topological polar surface area (TPSA) is 26.5 Å². The Labute approximate surface area is 151 Å². The number of hydrogen-bond acceptors (Lipinski definition) is 2. The number of ether oxygens (including phenoxy) is 1. The molecule has 25 heavy (non-hydrogen) atoms. The van der Waals surface area contributed by atoms with Crippen molar-refractivity contribution >= 4 is 17.2 Å². The van der Waals surface area contributed by atoms with Crippen LogP contribution in [-0.4, -0.2) is 16.5 Å². The molecule has 0 amide bonds. The number of halogens is 1. The van der Waals surface area contributed by atoms with Gasteiger partial charge in [-0.05, 0) is 41.0 Å². The molecular weight excluding hydrogens is 332 g/mol. The van der Waals surface area contributed by atoms with Gasteiger partial charge in [0.1, 0.15) is 5.65 Å². The van der Waals surface area contributed by atoms with E-state index in [2.05, 4.69) is 45.9 Å². The van der Waals surface area contributed by atoms with E-state index in [0.29, 0.717) is 6.61 Å². The summed E-state index contributed by atoms with van der Waals surface area (Å²) in [7, 11) is 1.71. The van der Waals surface area contributed by atoms with Crippen LogP contribution in [0, 0.1) is 0 Å². The molecule has 0 radical (unpaired) electrons. The van der Waals surface area contributed by atoms with Crippen molar-refractivity contribution in [1.29, 1.82) is 0 Å². The Balaban J connectivity index is 1.69. The van der Waals surface area contributed by atoms with Gasteiger partial charge in [-0.15, -0.1) is 0 Å². The van der Waals surface area contributed by atoms with E-state index in [4.69, 9.17) is 16.3 Å². The highest BCUT2D eigenvalue weighted by Gasteiger charge is 2.06. The summed E-state index contributed by atoms with van der Waals surface area (Å²) in [6, 6.07) is 20.3. The third-order valence-electron chi connectivity index (χ3n) is 4.19. The number of methoxy groups -OCH3 is 1. The molecule has 2 heterocycles. The first kappa shape index (κ1) is 15.9. The van der Waals surface area contributed by atoms with E-state index in [1.165, 1.54) is 11.1 Å². The van der Waals surface area contributed by atoms with Crippen molar-refractivity contribution in [1.82, 2.24) is 9.38 Å². The molecule has 4 rings (SSSR count). The molecule has 124 valence electrons. The molecule has 0 saturated carbocycles. The zero-order valence-electron chi connectivity index (χ0n) is 13.8. The van der Waals surface area contributed by atoms with Gasteiger partial charge in [0, 0.05) is 30.1 Å². The molecule has 2 aromatic heterocycles. The van der Waals surface area contributed by atoms with Crippen LogP contribution in [-0.2, 0) is 11.3 Å². The first-order chi connectivity index (χ1) is 12.2. The maximum atomic E-state index is 5.96. The van der Waals surface area contributed by atoms with E-state index in [1.54, 1.807) is 7.11 Å². The minimum Gasteiger partial charge on any atom is -0.380 e. The molecule has 0 aliphatic heterocycles. The number of pyridine rings is 1. The molecular formula is C21H17ClN2O. The molecule has 0 unspecified atom stereocenters. The van der Waals surface area contributed by atoms with Gasteiger partial charge in [0.15, 0.2) is 0 Å². The van der Waals surface area contributed by atoms with Gasteiger partial charge in [-0.1, -0.05) is 48.0 Å². The van der Waals surface area contributed by atoms with Crippen molar-refractivity contribution in [2.45, 2.75) is 6.61 Å². The molecule has 0 spiro atoms. The van der Waals surface area contributed by atoms with E-state index >= 15 is 0 Å². The predicted octanol–water partition coefficient (Wildman–Crippen LogP) is 5.47. The van der Waals surface area contributed by atoms with E-state index in [-0.39, 0.29) is 0 Å². The molecule has 0 atom stereocenters. The number of aromatic nitrogens is 2. The van der Waals surface area contributed by atoms with Gasteiger partial charge in [-0.3, -0.25) is 0 Å². The Kier molecular flexibility index (Phi) is 4.26. The SMILES string of the molecule is COCc1ccc(-c2ccc3nc(-c4ccc(Cl)cc4)cn3c2)cc1. The summed E-state index contributed by atoms with van der Waals surface area (Å²) in [6.45, 7) is 0.630. The van der Waals surface area contributed by atoms with Crippen molar-refractivity contribution in [3.63, 3.8) is 0 Å². The highest BCUT2D eigenvalue weighted by Crippen LogP contribution is 2.24. The third kappa shape index (κ3) is 3.29. The highest BCUT2D eigenvalue weighted by atomic mass is 35.5. The molecule has 0 N–H and O–H groups in total. The van der Waals surface area contributed by atoms with Crippen LogP contribution in [0.15, 0.2) is 73.1 Å². The normalized spacial score (nSPS) is 11.1. The molecule has 4 aromatic rings. The third-order valence-corrected chi connectivity index (χ3v) is 4.44. The number of benzene rings is 2. The van der Waals surface area contributed by atoms with Gasteiger partial charge in [0.05, 0.1) is 12.3 Å². The van der Waals surface area contributed by atoms with Gasteiger partial charge < -0.3 is 9.14 Å².